The zero-order chi connectivity index (χ0) is 27.7. The molecule has 0 spiro atoms. The zero-order valence-electron chi connectivity index (χ0n) is 21.6. The van der Waals surface area contributed by atoms with Gasteiger partial charge in [0.15, 0.2) is 0 Å². The van der Waals surface area contributed by atoms with Crippen molar-refractivity contribution in [2.45, 2.75) is 19.9 Å². The number of halogens is 1. The molecule has 0 aliphatic carbocycles. The van der Waals surface area contributed by atoms with Gasteiger partial charge in [-0.3, -0.25) is 14.5 Å². The topological polar surface area (TPSA) is 76.1 Å². The third-order valence-electron chi connectivity index (χ3n) is 6.52. The number of aliphatic hydroxyl groups excluding tert-OH is 1. The summed E-state index contributed by atoms with van der Waals surface area (Å²) in [7, 11) is 1.43. The Labute approximate surface area is 231 Å². The largest absolute Gasteiger partial charge is 0.507 e. The highest BCUT2D eigenvalue weighted by Gasteiger charge is 2.47. The molecule has 4 aromatic rings. The maximum Gasteiger partial charge on any atom is 0.300 e. The number of methoxy groups -OCH3 is 1. The Morgan fingerprint density at radius 2 is 1.56 bits per heavy atom. The Balaban J connectivity index is 1.73. The summed E-state index contributed by atoms with van der Waals surface area (Å²) >= 11 is 6.41. The molecule has 39 heavy (non-hydrogen) atoms. The third-order valence-corrected chi connectivity index (χ3v) is 6.80. The first-order valence-corrected chi connectivity index (χ1v) is 12.7. The van der Waals surface area contributed by atoms with Gasteiger partial charge in [0, 0.05) is 5.69 Å². The van der Waals surface area contributed by atoms with Gasteiger partial charge in [0.2, 0.25) is 0 Å². The number of aryl methyl sites for hydroxylation is 2. The van der Waals surface area contributed by atoms with Gasteiger partial charge in [0.05, 0.1) is 29.3 Å². The second-order valence-electron chi connectivity index (χ2n) is 9.32. The molecule has 0 radical (unpaired) electrons. The number of para-hydroxylation sites is 1. The van der Waals surface area contributed by atoms with Crippen LogP contribution in [0.2, 0.25) is 5.02 Å². The van der Waals surface area contributed by atoms with E-state index in [4.69, 9.17) is 21.1 Å². The average Bonchev–Trinajstić information content (AvgIpc) is 3.19. The number of carbonyl (C=O) groups excluding carboxylic acids is 2. The van der Waals surface area contributed by atoms with Crippen molar-refractivity contribution in [2.75, 3.05) is 12.0 Å². The molecule has 1 N–H and O–H groups in total. The van der Waals surface area contributed by atoms with Gasteiger partial charge in [0.1, 0.15) is 23.0 Å². The standard InChI is InChI=1S/C32H26ClNO5/c1-19-9-7-11-22(15-19)34-28(21-10-8-14-24(18-21)39-23-12-5-4-6-13-23)27(30(36)32(34)37)29(35)25-16-20(2)17-26(33)31(25)38-3/h4-18,28,35H,1-3H3/b29-27+. The number of ketones is 1. The summed E-state index contributed by atoms with van der Waals surface area (Å²) in [6.45, 7) is 3.72. The lowest BCUT2D eigenvalue weighted by atomic mass is 9.94. The Morgan fingerprint density at radius 3 is 2.28 bits per heavy atom. The summed E-state index contributed by atoms with van der Waals surface area (Å²) in [5.74, 6) is -0.565. The van der Waals surface area contributed by atoms with Crippen LogP contribution < -0.4 is 14.4 Å². The first kappa shape index (κ1) is 26.1. The molecule has 1 fully saturated rings. The van der Waals surface area contributed by atoms with Crippen LogP contribution in [0.25, 0.3) is 5.76 Å². The summed E-state index contributed by atoms with van der Waals surface area (Å²) in [6, 6.07) is 26.2. The van der Waals surface area contributed by atoms with E-state index in [1.54, 1.807) is 42.5 Å². The number of amides is 1. The Bertz CT molecular complexity index is 1610. The second kappa shape index (κ2) is 10.7. The van der Waals surface area contributed by atoms with E-state index < -0.39 is 17.7 Å². The number of hydrogen-bond donors (Lipinski definition) is 1. The quantitative estimate of drug-likeness (QED) is 0.157. The number of aliphatic hydroxyl groups is 1. The number of benzene rings is 4. The fourth-order valence-corrected chi connectivity index (χ4v) is 5.17. The summed E-state index contributed by atoms with van der Waals surface area (Å²) < 4.78 is 11.5. The van der Waals surface area contributed by atoms with E-state index in [1.807, 2.05) is 62.4 Å². The molecule has 6 nitrogen and oxygen atoms in total. The van der Waals surface area contributed by atoms with Crippen LogP contribution in [0.3, 0.4) is 0 Å². The molecular formula is C32H26ClNO5. The van der Waals surface area contributed by atoms with E-state index in [9.17, 15) is 14.7 Å². The van der Waals surface area contributed by atoms with Gasteiger partial charge < -0.3 is 14.6 Å². The predicted octanol–water partition coefficient (Wildman–Crippen LogP) is 7.38. The van der Waals surface area contributed by atoms with E-state index in [0.29, 0.717) is 22.7 Å². The third kappa shape index (κ3) is 4.99. The SMILES string of the molecule is COc1c(Cl)cc(C)cc1/C(O)=C1\C(=O)C(=O)N(c2cccc(C)c2)C1c1cccc(Oc2ccccc2)c1. The number of carbonyl (C=O) groups is 2. The minimum atomic E-state index is -0.935. The minimum absolute atomic E-state index is 0.0710. The predicted molar refractivity (Wildman–Crippen MR) is 152 cm³/mol. The van der Waals surface area contributed by atoms with E-state index in [-0.39, 0.29) is 27.7 Å². The van der Waals surface area contributed by atoms with Crippen molar-refractivity contribution >= 4 is 34.7 Å². The lowest BCUT2D eigenvalue weighted by Gasteiger charge is -2.26. The number of rotatable bonds is 6. The van der Waals surface area contributed by atoms with Crippen molar-refractivity contribution in [3.8, 4) is 17.2 Å². The van der Waals surface area contributed by atoms with Crippen molar-refractivity contribution < 1.29 is 24.2 Å². The Morgan fingerprint density at radius 1 is 0.846 bits per heavy atom. The summed E-state index contributed by atoms with van der Waals surface area (Å²) in [5, 5.41) is 11.9. The van der Waals surface area contributed by atoms with Gasteiger partial charge in [-0.25, -0.2) is 0 Å². The van der Waals surface area contributed by atoms with E-state index >= 15 is 0 Å². The van der Waals surface area contributed by atoms with Gasteiger partial charge in [-0.2, -0.15) is 0 Å². The van der Waals surface area contributed by atoms with Gasteiger partial charge in [-0.05, 0) is 79.1 Å². The lowest BCUT2D eigenvalue weighted by Crippen LogP contribution is -2.29. The molecule has 1 heterocycles. The Kier molecular flexibility index (Phi) is 7.13. The lowest BCUT2D eigenvalue weighted by molar-refractivity contribution is -0.132. The van der Waals surface area contributed by atoms with Crippen molar-refractivity contribution in [3.63, 3.8) is 0 Å². The van der Waals surface area contributed by atoms with E-state index in [2.05, 4.69) is 0 Å². The molecule has 1 aliphatic rings. The molecule has 1 unspecified atom stereocenters. The van der Waals surface area contributed by atoms with Crippen molar-refractivity contribution in [2.24, 2.45) is 0 Å². The van der Waals surface area contributed by atoms with Gasteiger partial charge in [0.25, 0.3) is 11.7 Å². The smallest absolute Gasteiger partial charge is 0.300 e. The number of hydrogen-bond acceptors (Lipinski definition) is 5. The number of Topliss-reactive ketones (excluding diaryl/α,β-unsaturated/α-hetero) is 1. The van der Waals surface area contributed by atoms with Crippen LogP contribution in [-0.2, 0) is 9.59 Å². The van der Waals surface area contributed by atoms with Crippen molar-refractivity contribution in [1.29, 1.82) is 0 Å². The molecule has 4 aromatic carbocycles. The first-order valence-electron chi connectivity index (χ1n) is 12.3. The van der Waals surface area contributed by atoms with Crippen LogP contribution in [0.5, 0.6) is 17.2 Å². The van der Waals surface area contributed by atoms with Gasteiger partial charge in [-0.1, -0.05) is 54.1 Å². The molecule has 1 amide bonds. The average molecular weight is 540 g/mol. The number of ether oxygens (including phenoxy) is 2. The Hall–Kier alpha value is -4.55. The van der Waals surface area contributed by atoms with Crippen LogP contribution in [-0.4, -0.2) is 23.9 Å². The molecule has 5 rings (SSSR count). The van der Waals surface area contributed by atoms with Crippen LogP contribution >= 0.6 is 11.6 Å². The van der Waals surface area contributed by atoms with Gasteiger partial charge >= 0.3 is 0 Å². The van der Waals surface area contributed by atoms with Crippen molar-refractivity contribution in [1.82, 2.24) is 0 Å². The summed E-state index contributed by atoms with van der Waals surface area (Å²) in [6.07, 6.45) is 0. The highest BCUT2D eigenvalue weighted by atomic mass is 35.5. The minimum Gasteiger partial charge on any atom is -0.507 e. The maximum atomic E-state index is 13.6. The summed E-state index contributed by atoms with van der Waals surface area (Å²) in [5.41, 5.74) is 2.95. The van der Waals surface area contributed by atoms with Crippen LogP contribution in [0.15, 0.2) is 96.6 Å². The molecule has 0 bridgehead atoms. The number of nitrogens with zero attached hydrogens (tertiary/aromatic N) is 1. The maximum absolute atomic E-state index is 13.6. The summed E-state index contributed by atoms with van der Waals surface area (Å²) in [4.78, 5) is 28.6. The zero-order valence-corrected chi connectivity index (χ0v) is 22.4. The molecule has 1 aliphatic heterocycles. The van der Waals surface area contributed by atoms with E-state index in [1.165, 1.54) is 12.0 Å². The van der Waals surface area contributed by atoms with Crippen LogP contribution in [0.4, 0.5) is 5.69 Å². The first-order chi connectivity index (χ1) is 18.8. The molecule has 1 saturated heterocycles. The molecular weight excluding hydrogens is 514 g/mol. The van der Waals surface area contributed by atoms with Gasteiger partial charge in [-0.15, -0.1) is 0 Å². The normalized spacial score (nSPS) is 16.4. The second-order valence-corrected chi connectivity index (χ2v) is 9.73. The molecule has 196 valence electrons. The highest BCUT2D eigenvalue weighted by molar-refractivity contribution is 6.51. The fraction of sp³-hybridized carbons (Fsp3) is 0.125. The van der Waals surface area contributed by atoms with Crippen molar-refractivity contribution in [3.05, 3.63) is 124 Å². The number of anilines is 1. The van der Waals surface area contributed by atoms with Crippen LogP contribution in [0.1, 0.15) is 28.3 Å². The monoisotopic (exact) mass is 539 g/mol. The van der Waals surface area contributed by atoms with Crippen LogP contribution in [0, 0.1) is 13.8 Å². The fourth-order valence-electron chi connectivity index (χ4n) is 4.82. The molecule has 1 atom stereocenters. The molecule has 7 heteroatoms. The molecule has 0 aromatic heterocycles. The molecule has 0 saturated carbocycles. The highest BCUT2D eigenvalue weighted by Crippen LogP contribution is 2.45. The van der Waals surface area contributed by atoms with E-state index in [0.717, 1.165) is 11.1 Å².